The van der Waals surface area contributed by atoms with Gasteiger partial charge in [-0.2, -0.15) is 0 Å². The number of carbonyl (C=O) groups is 2. The van der Waals surface area contributed by atoms with Crippen LogP contribution in [0.4, 0.5) is 15.8 Å². The average Bonchev–Trinajstić information content (AvgIpc) is 3.01. The molecule has 0 atom stereocenters. The predicted molar refractivity (Wildman–Crippen MR) is 169 cm³/mol. The minimum absolute atomic E-state index is 0.0647. The highest BCUT2D eigenvalue weighted by atomic mass is 35.5. The van der Waals surface area contributed by atoms with Crippen LogP contribution in [0.25, 0.3) is 6.08 Å². The van der Waals surface area contributed by atoms with E-state index < -0.39 is 0 Å². The molecule has 0 aliphatic carbocycles. The molecule has 4 aromatic carbocycles. The molecule has 6 rings (SSSR count). The Morgan fingerprint density at radius 2 is 1.64 bits per heavy atom. The molecule has 8 heteroatoms. The van der Waals surface area contributed by atoms with Gasteiger partial charge in [0.1, 0.15) is 5.82 Å². The van der Waals surface area contributed by atoms with Gasteiger partial charge in [0.25, 0.3) is 11.8 Å². The zero-order valence-corrected chi connectivity index (χ0v) is 24.7. The number of anilines is 2. The molecule has 2 aliphatic rings. The largest absolute Gasteiger partial charge is 0.368 e. The quantitative estimate of drug-likeness (QED) is 0.224. The summed E-state index contributed by atoms with van der Waals surface area (Å²) >= 11 is 7.64. The number of hydrogen-bond donors (Lipinski definition) is 0. The number of amides is 2. The third-order valence-electron chi connectivity index (χ3n) is 7.60. The first-order valence-electron chi connectivity index (χ1n) is 13.8. The molecule has 2 aliphatic heterocycles. The molecule has 212 valence electrons. The van der Waals surface area contributed by atoms with Crippen molar-refractivity contribution in [1.82, 2.24) is 4.90 Å². The van der Waals surface area contributed by atoms with Gasteiger partial charge in [-0.25, -0.2) is 4.39 Å². The Morgan fingerprint density at radius 1 is 0.905 bits per heavy atom. The molecule has 0 bridgehead atoms. The molecule has 5 nitrogen and oxygen atoms in total. The van der Waals surface area contributed by atoms with E-state index in [2.05, 4.69) is 11.8 Å². The summed E-state index contributed by atoms with van der Waals surface area (Å²) in [6.07, 6.45) is 1.88. The van der Waals surface area contributed by atoms with Gasteiger partial charge in [0.2, 0.25) is 0 Å². The third-order valence-corrected chi connectivity index (χ3v) is 8.92. The second-order valence-corrected chi connectivity index (χ2v) is 12.0. The van der Waals surface area contributed by atoms with Crippen molar-refractivity contribution >= 4 is 52.6 Å². The van der Waals surface area contributed by atoms with Gasteiger partial charge in [0.05, 0.1) is 17.1 Å². The summed E-state index contributed by atoms with van der Waals surface area (Å²) in [6.45, 7) is 4.90. The molecule has 42 heavy (non-hydrogen) atoms. The van der Waals surface area contributed by atoms with Crippen LogP contribution in [-0.4, -0.2) is 42.9 Å². The van der Waals surface area contributed by atoms with Crippen molar-refractivity contribution in [2.45, 2.75) is 18.4 Å². The standard InChI is InChI=1S/C34H29ClFN3O2S/c1-23-7-11-27(35)21-29(23)37-15-17-38(18-16-37)33(40)26-10-14-31-30(20-26)39(22-25-8-12-28(36)13-9-25)34(41)32(42-31)19-24-5-3-2-4-6-24/h2-14,19-21H,15-18,22H2,1H3. The van der Waals surface area contributed by atoms with Gasteiger partial charge in [-0.3, -0.25) is 9.59 Å². The van der Waals surface area contributed by atoms with Gasteiger partial charge < -0.3 is 14.7 Å². The Hall–Kier alpha value is -4.07. The van der Waals surface area contributed by atoms with Crippen LogP contribution in [0.15, 0.2) is 101 Å². The summed E-state index contributed by atoms with van der Waals surface area (Å²) in [7, 11) is 0. The van der Waals surface area contributed by atoms with E-state index in [1.165, 1.54) is 23.9 Å². The first kappa shape index (κ1) is 28.1. The molecule has 0 saturated carbocycles. The highest BCUT2D eigenvalue weighted by Crippen LogP contribution is 2.43. The Balaban J connectivity index is 1.26. The topological polar surface area (TPSA) is 43.9 Å². The van der Waals surface area contributed by atoms with Crippen LogP contribution in [0.5, 0.6) is 0 Å². The molecule has 2 amide bonds. The second-order valence-electron chi connectivity index (χ2n) is 10.4. The molecule has 1 saturated heterocycles. The number of aryl methyl sites for hydroxylation is 1. The number of piperazine rings is 1. The van der Waals surface area contributed by atoms with Crippen LogP contribution >= 0.6 is 23.4 Å². The summed E-state index contributed by atoms with van der Waals surface area (Å²) in [5.41, 5.74) is 5.18. The Kier molecular flexibility index (Phi) is 8.05. The summed E-state index contributed by atoms with van der Waals surface area (Å²) in [5.74, 6) is -0.552. The minimum atomic E-state index is -0.331. The normalized spacial score (nSPS) is 16.1. The van der Waals surface area contributed by atoms with Gasteiger partial charge in [0.15, 0.2) is 0 Å². The number of hydrogen-bond acceptors (Lipinski definition) is 4. The fraction of sp³-hybridized carbons (Fsp3) is 0.176. The first-order valence-corrected chi connectivity index (χ1v) is 15.0. The summed E-state index contributed by atoms with van der Waals surface area (Å²) in [5, 5.41) is 0.697. The van der Waals surface area contributed by atoms with Gasteiger partial charge in [0, 0.05) is 47.3 Å². The molecule has 0 radical (unpaired) electrons. The van der Waals surface area contributed by atoms with Crippen LogP contribution in [0.2, 0.25) is 5.02 Å². The summed E-state index contributed by atoms with van der Waals surface area (Å²) in [6, 6.07) is 27.3. The lowest BCUT2D eigenvalue weighted by atomic mass is 10.1. The van der Waals surface area contributed by atoms with Gasteiger partial charge in [-0.05, 0) is 72.2 Å². The monoisotopic (exact) mass is 597 g/mol. The van der Waals surface area contributed by atoms with Crippen LogP contribution in [0, 0.1) is 12.7 Å². The number of thioether (sulfide) groups is 1. The fourth-order valence-electron chi connectivity index (χ4n) is 5.33. The van der Waals surface area contributed by atoms with Crippen molar-refractivity contribution in [3.8, 4) is 0 Å². The lowest BCUT2D eigenvalue weighted by molar-refractivity contribution is -0.114. The van der Waals surface area contributed by atoms with Crippen LogP contribution in [0.3, 0.4) is 0 Å². The Bertz CT molecular complexity index is 1670. The minimum Gasteiger partial charge on any atom is -0.368 e. The first-order chi connectivity index (χ1) is 20.4. The SMILES string of the molecule is Cc1ccc(Cl)cc1N1CCN(C(=O)c2ccc3c(c2)N(Cc2ccc(F)cc2)C(=O)C(=Cc2ccccc2)S3)CC1. The van der Waals surface area contributed by atoms with E-state index in [-0.39, 0.29) is 24.2 Å². The molecule has 0 spiro atoms. The third kappa shape index (κ3) is 5.94. The molecule has 1 fully saturated rings. The fourth-order valence-corrected chi connectivity index (χ4v) is 6.54. The van der Waals surface area contributed by atoms with E-state index in [0.717, 1.165) is 27.3 Å². The van der Waals surface area contributed by atoms with E-state index in [4.69, 9.17) is 11.6 Å². The molecule has 0 N–H and O–H groups in total. The average molecular weight is 598 g/mol. The number of benzene rings is 4. The highest BCUT2D eigenvalue weighted by molar-refractivity contribution is 8.04. The molecule has 2 heterocycles. The van der Waals surface area contributed by atoms with Crippen molar-refractivity contribution in [1.29, 1.82) is 0 Å². The molecular weight excluding hydrogens is 569 g/mol. The maximum Gasteiger partial charge on any atom is 0.265 e. The molecule has 0 unspecified atom stereocenters. The lowest BCUT2D eigenvalue weighted by Gasteiger charge is -2.37. The van der Waals surface area contributed by atoms with Gasteiger partial charge in [-0.1, -0.05) is 71.9 Å². The van der Waals surface area contributed by atoms with Crippen molar-refractivity contribution in [2.24, 2.45) is 0 Å². The van der Waals surface area contributed by atoms with E-state index >= 15 is 0 Å². The maximum atomic E-state index is 13.8. The van der Waals surface area contributed by atoms with E-state index in [9.17, 15) is 14.0 Å². The Labute approximate surface area is 254 Å². The van der Waals surface area contributed by atoms with Crippen LogP contribution in [0.1, 0.15) is 27.0 Å². The second kappa shape index (κ2) is 12.0. The molecular formula is C34H29ClFN3O2S. The number of halogens is 2. The van der Waals surface area contributed by atoms with Crippen molar-refractivity contribution in [3.63, 3.8) is 0 Å². The maximum absolute atomic E-state index is 13.8. The van der Waals surface area contributed by atoms with Crippen LogP contribution in [-0.2, 0) is 11.3 Å². The van der Waals surface area contributed by atoms with E-state index in [1.807, 2.05) is 77.7 Å². The Morgan fingerprint density at radius 3 is 2.38 bits per heavy atom. The zero-order chi connectivity index (χ0) is 29.2. The number of rotatable bonds is 5. The number of carbonyl (C=O) groups excluding carboxylic acids is 2. The van der Waals surface area contributed by atoms with Crippen LogP contribution < -0.4 is 9.80 Å². The highest BCUT2D eigenvalue weighted by Gasteiger charge is 2.31. The van der Waals surface area contributed by atoms with E-state index in [1.54, 1.807) is 17.0 Å². The molecule has 4 aromatic rings. The smallest absolute Gasteiger partial charge is 0.265 e. The zero-order valence-electron chi connectivity index (χ0n) is 23.1. The predicted octanol–water partition coefficient (Wildman–Crippen LogP) is 7.43. The van der Waals surface area contributed by atoms with Gasteiger partial charge >= 0.3 is 0 Å². The number of fused-ring (bicyclic) bond motifs is 1. The van der Waals surface area contributed by atoms with Crippen molar-refractivity contribution < 1.29 is 14.0 Å². The summed E-state index contributed by atoms with van der Waals surface area (Å²) in [4.78, 5) is 34.8. The summed E-state index contributed by atoms with van der Waals surface area (Å²) < 4.78 is 13.6. The van der Waals surface area contributed by atoms with Crippen molar-refractivity contribution in [2.75, 3.05) is 36.0 Å². The van der Waals surface area contributed by atoms with Crippen molar-refractivity contribution in [3.05, 3.63) is 129 Å². The molecule has 0 aromatic heterocycles. The van der Waals surface area contributed by atoms with Gasteiger partial charge in [-0.15, -0.1) is 0 Å². The number of nitrogens with zero attached hydrogens (tertiary/aromatic N) is 3. The lowest BCUT2D eigenvalue weighted by Crippen LogP contribution is -2.49. The van der Waals surface area contributed by atoms with E-state index in [0.29, 0.717) is 47.4 Å².